The molecule has 6 heteroatoms. The Labute approximate surface area is 215 Å². The molecule has 0 aromatic heterocycles. The highest BCUT2D eigenvalue weighted by atomic mass is 127. The van der Waals surface area contributed by atoms with E-state index in [1.165, 1.54) is 10.3 Å². The van der Waals surface area contributed by atoms with E-state index in [1.807, 2.05) is 66.7 Å². The highest BCUT2D eigenvalue weighted by Crippen LogP contribution is 2.35. The lowest BCUT2D eigenvalue weighted by atomic mass is 10.1. The van der Waals surface area contributed by atoms with Gasteiger partial charge in [0.25, 0.3) is 11.1 Å². The van der Waals surface area contributed by atoms with Crippen LogP contribution in [0, 0.1) is 3.57 Å². The Balaban J connectivity index is 1.35. The fraction of sp³-hybridized carbons (Fsp3) is 0.0714. The molecular formula is C28H20INO3S. The third-order valence-corrected chi connectivity index (χ3v) is 7.22. The van der Waals surface area contributed by atoms with Crippen LogP contribution in [0.5, 0.6) is 5.75 Å². The number of nitrogens with zero attached hydrogens (tertiary/aromatic N) is 1. The Morgan fingerprint density at radius 3 is 2.44 bits per heavy atom. The Morgan fingerprint density at radius 2 is 1.59 bits per heavy atom. The van der Waals surface area contributed by atoms with Crippen molar-refractivity contribution in [3.63, 3.8) is 0 Å². The number of halogens is 1. The van der Waals surface area contributed by atoms with E-state index in [4.69, 9.17) is 4.74 Å². The van der Waals surface area contributed by atoms with E-state index in [9.17, 15) is 9.59 Å². The van der Waals surface area contributed by atoms with Gasteiger partial charge in [-0.1, -0.05) is 72.8 Å². The highest BCUT2D eigenvalue weighted by Gasteiger charge is 2.35. The molecule has 0 spiro atoms. The maximum absolute atomic E-state index is 13.0. The number of imide groups is 1. The van der Waals surface area contributed by atoms with Crippen molar-refractivity contribution in [2.75, 3.05) is 0 Å². The maximum atomic E-state index is 13.0. The second-order valence-electron chi connectivity index (χ2n) is 7.86. The van der Waals surface area contributed by atoms with Gasteiger partial charge in [-0.2, -0.15) is 0 Å². The molecule has 1 fully saturated rings. The number of amides is 2. The minimum absolute atomic E-state index is 0.260. The zero-order valence-corrected chi connectivity index (χ0v) is 21.1. The predicted molar refractivity (Wildman–Crippen MR) is 145 cm³/mol. The summed E-state index contributed by atoms with van der Waals surface area (Å²) in [5, 5.41) is 2.06. The van der Waals surface area contributed by atoms with Crippen molar-refractivity contribution in [1.29, 1.82) is 0 Å². The molecular weight excluding hydrogens is 557 g/mol. The topological polar surface area (TPSA) is 46.6 Å². The molecule has 0 radical (unpaired) electrons. The van der Waals surface area contributed by atoms with E-state index in [0.717, 1.165) is 37.4 Å². The Hall–Kier alpha value is -3.10. The standard InChI is InChI=1S/C28H20INO3S/c29-23-14-12-19(13-15-23)17-30-27(31)26(34-28(30)32)16-21-7-2-4-11-25(21)33-18-22-9-5-8-20-6-1-3-10-24(20)22/h1-16H,17-18H2/b26-16-. The number of benzene rings is 4. The van der Waals surface area contributed by atoms with Crippen LogP contribution in [0.3, 0.4) is 0 Å². The van der Waals surface area contributed by atoms with Crippen molar-refractivity contribution in [2.45, 2.75) is 13.2 Å². The van der Waals surface area contributed by atoms with E-state index in [0.29, 0.717) is 17.3 Å². The van der Waals surface area contributed by atoms with Crippen LogP contribution in [-0.2, 0) is 17.9 Å². The minimum atomic E-state index is -0.280. The van der Waals surface area contributed by atoms with Crippen LogP contribution in [0.15, 0.2) is 95.9 Å². The molecule has 4 aromatic carbocycles. The molecule has 1 aliphatic heterocycles. The smallest absolute Gasteiger partial charge is 0.293 e. The van der Waals surface area contributed by atoms with Crippen molar-refractivity contribution in [3.05, 3.63) is 116 Å². The molecule has 2 amide bonds. The van der Waals surface area contributed by atoms with Gasteiger partial charge in [-0.25, -0.2) is 0 Å². The molecule has 0 N–H and O–H groups in total. The molecule has 1 saturated heterocycles. The number of ether oxygens (including phenoxy) is 1. The summed E-state index contributed by atoms with van der Waals surface area (Å²) in [7, 11) is 0. The van der Waals surface area contributed by atoms with Gasteiger partial charge in [0.15, 0.2) is 0 Å². The molecule has 1 aliphatic rings. The summed E-state index contributed by atoms with van der Waals surface area (Å²) in [6.07, 6.45) is 1.75. The van der Waals surface area contributed by atoms with Crippen molar-refractivity contribution < 1.29 is 14.3 Å². The normalized spacial score (nSPS) is 14.9. The predicted octanol–water partition coefficient (Wildman–Crippen LogP) is 7.26. The van der Waals surface area contributed by atoms with Gasteiger partial charge in [0.2, 0.25) is 0 Å². The molecule has 4 aromatic rings. The fourth-order valence-electron chi connectivity index (χ4n) is 3.85. The van der Waals surface area contributed by atoms with Crippen LogP contribution in [-0.4, -0.2) is 16.0 Å². The van der Waals surface area contributed by atoms with Crippen LogP contribution in [0.25, 0.3) is 16.8 Å². The van der Waals surface area contributed by atoms with E-state index < -0.39 is 0 Å². The number of thioether (sulfide) groups is 1. The number of carbonyl (C=O) groups excluding carboxylic acids is 2. The van der Waals surface area contributed by atoms with Crippen molar-refractivity contribution >= 4 is 62.3 Å². The largest absolute Gasteiger partial charge is 0.488 e. The molecule has 4 nitrogen and oxygen atoms in total. The van der Waals surface area contributed by atoms with Gasteiger partial charge in [0.05, 0.1) is 11.4 Å². The molecule has 1 heterocycles. The van der Waals surface area contributed by atoms with Gasteiger partial charge >= 0.3 is 0 Å². The Morgan fingerprint density at radius 1 is 0.853 bits per heavy atom. The molecule has 0 aliphatic carbocycles. The van der Waals surface area contributed by atoms with Crippen LogP contribution in [0.4, 0.5) is 4.79 Å². The summed E-state index contributed by atoms with van der Waals surface area (Å²) in [6, 6.07) is 29.8. The average molecular weight is 577 g/mol. The number of carbonyl (C=O) groups is 2. The van der Waals surface area contributed by atoms with Crippen molar-refractivity contribution in [2.24, 2.45) is 0 Å². The van der Waals surface area contributed by atoms with Gasteiger partial charge in [-0.3, -0.25) is 14.5 Å². The van der Waals surface area contributed by atoms with Gasteiger partial charge in [-0.15, -0.1) is 0 Å². The number of hydrogen-bond donors (Lipinski definition) is 0. The zero-order chi connectivity index (χ0) is 23.5. The third kappa shape index (κ3) is 4.88. The average Bonchev–Trinajstić information content (AvgIpc) is 3.12. The summed E-state index contributed by atoms with van der Waals surface area (Å²) in [4.78, 5) is 27.3. The van der Waals surface area contributed by atoms with Crippen LogP contribution in [0.1, 0.15) is 16.7 Å². The van der Waals surface area contributed by atoms with E-state index in [2.05, 4.69) is 46.9 Å². The first-order chi connectivity index (χ1) is 16.6. The monoisotopic (exact) mass is 577 g/mol. The van der Waals surface area contributed by atoms with Gasteiger partial charge in [0, 0.05) is 9.13 Å². The fourth-order valence-corrected chi connectivity index (χ4v) is 5.04. The van der Waals surface area contributed by atoms with Gasteiger partial charge in [-0.05, 0) is 80.5 Å². The van der Waals surface area contributed by atoms with E-state index >= 15 is 0 Å². The number of rotatable bonds is 6. The first-order valence-electron chi connectivity index (χ1n) is 10.8. The second-order valence-corrected chi connectivity index (χ2v) is 10.1. The number of hydrogen-bond acceptors (Lipinski definition) is 4. The molecule has 168 valence electrons. The minimum Gasteiger partial charge on any atom is -0.488 e. The Bertz CT molecular complexity index is 1410. The number of para-hydroxylation sites is 1. The molecule has 0 bridgehead atoms. The molecule has 0 unspecified atom stereocenters. The van der Waals surface area contributed by atoms with Gasteiger partial charge in [0.1, 0.15) is 12.4 Å². The Kier molecular flexibility index (Phi) is 6.69. The van der Waals surface area contributed by atoms with Gasteiger partial charge < -0.3 is 4.74 Å². The lowest BCUT2D eigenvalue weighted by Crippen LogP contribution is -2.27. The van der Waals surface area contributed by atoms with Crippen LogP contribution in [0.2, 0.25) is 0 Å². The summed E-state index contributed by atoms with van der Waals surface area (Å²) >= 11 is 3.20. The second kappa shape index (κ2) is 10.0. The summed E-state index contributed by atoms with van der Waals surface area (Å²) in [5.41, 5.74) is 2.77. The molecule has 34 heavy (non-hydrogen) atoms. The molecule has 0 saturated carbocycles. The molecule has 5 rings (SSSR count). The maximum Gasteiger partial charge on any atom is 0.293 e. The SMILES string of the molecule is O=C1S/C(=C\c2ccccc2OCc2cccc3ccccc23)C(=O)N1Cc1ccc(I)cc1. The van der Waals surface area contributed by atoms with E-state index in [1.54, 1.807) is 6.08 Å². The van der Waals surface area contributed by atoms with Crippen LogP contribution >= 0.6 is 34.4 Å². The lowest BCUT2D eigenvalue weighted by Gasteiger charge is -2.13. The third-order valence-electron chi connectivity index (χ3n) is 5.60. The number of fused-ring (bicyclic) bond motifs is 1. The van der Waals surface area contributed by atoms with E-state index in [-0.39, 0.29) is 17.7 Å². The van der Waals surface area contributed by atoms with Crippen molar-refractivity contribution in [3.8, 4) is 5.75 Å². The molecule has 0 atom stereocenters. The first-order valence-corrected chi connectivity index (χ1v) is 12.7. The highest BCUT2D eigenvalue weighted by molar-refractivity contribution is 14.1. The summed E-state index contributed by atoms with van der Waals surface area (Å²) < 4.78 is 7.28. The summed E-state index contributed by atoms with van der Waals surface area (Å²) in [6.45, 7) is 0.665. The lowest BCUT2D eigenvalue weighted by molar-refractivity contribution is -0.123. The quantitative estimate of drug-likeness (QED) is 0.179. The summed E-state index contributed by atoms with van der Waals surface area (Å²) in [5.74, 6) is 0.386. The zero-order valence-electron chi connectivity index (χ0n) is 18.1. The van der Waals surface area contributed by atoms with Crippen LogP contribution < -0.4 is 4.74 Å². The van der Waals surface area contributed by atoms with Crippen molar-refractivity contribution in [1.82, 2.24) is 4.90 Å². The first kappa shape index (κ1) is 22.7.